The van der Waals surface area contributed by atoms with Gasteiger partial charge in [-0.15, -0.1) is 0 Å². The quantitative estimate of drug-likeness (QED) is 0.355. The molecule has 2 aromatic heterocycles. The number of rotatable bonds is 6. The predicted molar refractivity (Wildman–Crippen MR) is 147 cm³/mol. The number of benzene rings is 2. The van der Waals surface area contributed by atoms with Gasteiger partial charge in [-0.1, -0.05) is 30.3 Å². The van der Waals surface area contributed by atoms with Crippen LogP contribution in [-0.2, 0) is 0 Å². The number of para-hydroxylation sites is 1. The number of halogens is 3. The zero-order valence-corrected chi connectivity index (χ0v) is 22.5. The summed E-state index contributed by atoms with van der Waals surface area (Å²) in [6, 6.07) is 11.9. The van der Waals surface area contributed by atoms with Crippen molar-refractivity contribution >= 4 is 24.1 Å². The standard InChI is InChI=1S/C29H25ClF2N4O4/c1-16-24(28(37)35-13-12-18(15-35)25-19(31)6-4-7-20(25)32)29(38)36(26-21(39-2)8-5-9-22(26)40-3)27(34-16)17-10-11-23(30)33-14-17/h4-11,14,18,37H,1,12-13,15H2,2-3H3. The summed E-state index contributed by atoms with van der Waals surface area (Å²) in [5.74, 6) is -1.46. The lowest BCUT2D eigenvalue weighted by Gasteiger charge is -2.20. The second kappa shape index (κ2) is 11.0. The molecule has 1 aliphatic rings. The highest BCUT2D eigenvalue weighted by Crippen LogP contribution is 2.34. The molecule has 1 N–H and O–H groups in total. The molecule has 1 atom stereocenters. The first-order valence-electron chi connectivity index (χ1n) is 12.3. The van der Waals surface area contributed by atoms with Gasteiger partial charge in [0.15, 0.2) is 0 Å². The first-order chi connectivity index (χ1) is 19.2. The number of methoxy groups -OCH3 is 2. The first-order valence-corrected chi connectivity index (χ1v) is 12.7. The molecule has 1 saturated heterocycles. The molecule has 11 heteroatoms. The molecule has 5 rings (SSSR count). The zero-order chi connectivity index (χ0) is 28.6. The molecule has 1 unspecified atom stereocenters. The third-order valence-electron chi connectivity index (χ3n) is 6.89. The van der Waals surface area contributed by atoms with Crippen LogP contribution >= 0.6 is 11.6 Å². The Morgan fingerprint density at radius 3 is 2.33 bits per heavy atom. The van der Waals surface area contributed by atoms with Gasteiger partial charge in [-0.25, -0.2) is 18.7 Å². The molecule has 0 spiro atoms. The Labute approximate surface area is 233 Å². The van der Waals surface area contributed by atoms with Gasteiger partial charge in [-0.3, -0.25) is 9.36 Å². The largest absolute Gasteiger partial charge is 0.494 e. The molecule has 0 amide bonds. The van der Waals surface area contributed by atoms with Crippen molar-refractivity contribution in [3.8, 4) is 28.6 Å². The SMILES string of the molecule is C=c1nc(-c2ccc(Cl)nc2)n(-c2c(OC)cccc2OC)c(=O)c1=C(O)N1CCC(c2c(F)cccc2F)C1. The van der Waals surface area contributed by atoms with E-state index in [0.717, 1.165) is 0 Å². The lowest BCUT2D eigenvalue weighted by molar-refractivity contribution is 0.320. The zero-order valence-electron chi connectivity index (χ0n) is 21.7. The number of likely N-dealkylation sites (tertiary alicyclic amines) is 1. The van der Waals surface area contributed by atoms with Crippen LogP contribution < -0.4 is 25.6 Å². The molecule has 206 valence electrons. The van der Waals surface area contributed by atoms with Gasteiger partial charge in [0.25, 0.3) is 5.56 Å². The minimum Gasteiger partial charge on any atom is -0.494 e. The predicted octanol–water partition coefficient (Wildman–Crippen LogP) is 3.77. The number of ether oxygens (including phenoxy) is 2. The Bertz CT molecular complexity index is 1720. The van der Waals surface area contributed by atoms with E-state index in [-0.39, 0.29) is 45.9 Å². The highest BCUT2D eigenvalue weighted by molar-refractivity contribution is 6.29. The molecule has 0 radical (unpaired) electrons. The molecular formula is C29H25ClF2N4O4. The summed E-state index contributed by atoms with van der Waals surface area (Å²) in [4.78, 5) is 24.4. The maximum atomic E-state index is 14.5. The van der Waals surface area contributed by atoms with Crippen LogP contribution in [0.15, 0.2) is 59.5 Å². The lowest BCUT2D eigenvalue weighted by Crippen LogP contribution is -2.50. The van der Waals surface area contributed by atoms with Crippen LogP contribution in [-0.4, -0.2) is 51.9 Å². The van der Waals surface area contributed by atoms with Crippen LogP contribution in [0, 0.1) is 11.6 Å². The molecule has 1 aliphatic heterocycles. The Morgan fingerprint density at radius 2 is 1.73 bits per heavy atom. The molecule has 40 heavy (non-hydrogen) atoms. The van der Waals surface area contributed by atoms with Gasteiger partial charge in [0.05, 0.1) is 19.6 Å². The Morgan fingerprint density at radius 1 is 1.07 bits per heavy atom. The molecule has 0 saturated carbocycles. The van der Waals surface area contributed by atoms with Gasteiger partial charge < -0.3 is 19.5 Å². The van der Waals surface area contributed by atoms with Gasteiger partial charge in [0.2, 0.25) is 5.88 Å². The van der Waals surface area contributed by atoms with Crippen molar-refractivity contribution in [2.45, 2.75) is 12.3 Å². The summed E-state index contributed by atoms with van der Waals surface area (Å²) in [6.45, 7) is 4.28. The fourth-order valence-electron chi connectivity index (χ4n) is 5.00. The van der Waals surface area contributed by atoms with Crippen molar-refractivity contribution in [2.24, 2.45) is 0 Å². The Hall–Kier alpha value is -4.44. The molecule has 0 aliphatic carbocycles. The maximum absolute atomic E-state index is 14.5. The maximum Gasteiger partial charge on any atom is 0.271 e. The fraction of sp³-hybridized carbons (Fsp3) is 0.207. The highest BCUT2D eigenvalue weighted by atomic mass is 35.5. The van der Waals surface area contributed by atoms with E-state index in [1.165, 1.54) is 48.1 Å². The summed E-state index contributed by atoms with van der Waals surface area (Å²) in [5.41, 5.74) is -0.0170. The highest BCUT2D eigenvalue weighted by Gasteiger charge is 2.31. The molecule has 3 heterocycles. The third-order valence-corrected chi connectivity index (χ3v) is 7.11. The number of pyridine rings is 1. The summed E-state index contributed by atoms with van der Waals surface area (Å²) < 4.78 is 41.3. The van der Waals surface area contributed by atoms with Gasteiger partial charge in [-0.2, -0.15) is 0 Å². The van der Waals surface area contributed by atoms with E-state index < -0.39 is 29.0 Å². The summed E-state index contributed by atoms with van der Waals surface area (Å²) >= 11 is 5.99. The van der Waals surface area contributed by atoms with Crippen LogP contribution in [0.3, 0.4) is 0 Å². The van der Waals surface area contributed by atoms with Gasteiger partial charge in [0, 0.05) is 36.3 Å². The summed E-state index contributed by atoms with van der Waals surface area (Å²) in [6.07, 6.45) is 1.82. The van der Waals surface area contributed by atoms with Gasteiger partial charge in [0.1, 0.15) is 45.0 Å². The Kier molecular flexibility index (Phi) is 7.44. The van der Waals surface area contributed by atoms with Crippen molar-refractivity contribution < 1.29 is 23.4 Å². The molecule has 8 nitrogen and oxygen atoms in total. The van der Waals surface area contributed by atoms with Gasteiger partial charge in [-0.05, 0) is 42.8 Å². The summed E-state index contributed by atoms with van der Waals surface area (Å²) in [5, 5.41) is 11.5. The van der Waals surface area contributed by atoms with Crippen molar-refractivity contribution in [3.05, 3.63) is 98.0 Å². The van der Waals surface area contributed by atoms with E-state index in [0.29, 0.717) is 23.5 Å². The third kappa shape index (κ3) is 4.75. The number of hydrogen-bond donors (Lipinski definition) is 1. The average molecular weight is 567 g/mol. The molecule has 2 aromatic carbocycles. The van der Waals surface area contributed by atoms with E-state index in [1.54, 1.807) is 30.3 Å². The molecule has 0 bridgehead atoms. The number of hydrogen-bond acceptors (Lipinski definition) is 7. The number of nitrogens with zero attached hydrogens (tertiary/aromatic N) is 4. The van der Waals surface area contributed by atoms with E-state index >= 15 is 0 Å². The average Bonchev–Trinajstić information content (AvgIpc) is 3.42. The minimum absolute atomic E-state index is 0.00177. The molecular weight excluding hydrogens is 542 g/mol. The topological polar surface area (TPSA) is 89.7 Å². The second-order valence-corrected chi connectivity index (χ2v) is 9.56. The number of aliphatic hydroxyl groups excluding tert-OH is 1. The Balaban J connectivity index is 1.74. The van der Waals surface area contributed by atoms with Crippen LogP contribution in [0.25, 0.3) is 29.5 Å². The van der Waals surface area contributed by atoms with Gasteiger partial charge >= 0.3 is 0 Å². The van der Waals surface area contributed by atoms with Crippen molar-refractivity contribution in [2.75, 3.05) is 27.3 Å². The van der Waals surface area contributed by atoms with E-state index in [2.05, 4.69) is 16.5 Å². The lowest BCUT2D eigenvalue weighted by atomic mass is 9.97. The van der Waals surface area contributed by atoms with E-state index in [9.17, 15) is 18.7 Å². The van der Waals surface area contributed by atoms with E-state index in [4.69, 9.17) is 21.1 Å². The molecule has 1 fully saturated rings. The second-order valence-electron chi connectivity index (χ2n) is 9.17. The van der Waals surface area contributed by atoms with Crippen LogP contribution in [0.4, 0.5) is 8.78 Å². The monoisotopic (exact) mass is 566 g/mol. The first kappa shape index (κ1) is 27.1. The van der Waals surface area contributed by atoms with Crippen molar-refractivity contribution in [3.63, 3.8) is 0 Å². The van der Waals surface area contributed by atoms with Crippen molar-refractivity contribution in [1.29, 1.82) is 0 Å². The van der Waals surface area contributed by atoms with E-state index in [1.807, 2.05) is 0 Å². The minimum atomic E-state index is -0.661. The normalized spacial score (nSPS) is 15.7. The molecule has 4 aromatic rings. The van der Waals surface area contributed by atoms with Crippen LogP contribution in [0.5, 0.6) is 11.5 Å². The van der Waals surface area contributed by atoms with Crippen molar-refractivity contribution in [1.82, 2.24) is 19.4 Å². The smallest absolute Gasteiger partial charge is 0.271 e. The van der Waals surface area contributed by atoms with Crippen LogP contribution in [0.1, 0.15) is 17.9 Å². The number of aromatic nitrogens is 3. The summed E-state index contributed by atoms with van der Waals surface area (Å²) in [7, 11) is 2.90. The fourth-order valence-corrected chi connectivity index (χ4v) is 5.11. The number of aliphatic hydroxyl groups is 1. The van der Waals surface area contributed by atoms with Crippen LogP contribution in [0.2, 0.25) is 5.15 Å².